The zero-order valence-corrected chi connectivity index (χ0v) is 83.3. The summed E-state index contributed by atoms with van der Waals surface area (Å²) < 4.78 is 15.2. The molecule has 46 nitrogen and oxygen atoms in total. The van der Waals surface area contributed by atoms with Crippen LogP contribution in [0.5, 0.6) is 0 Å². The zero-order valence-electron chi connectivity index (χ0n) is 81.8. The Morgan fingerprint density at radius 3 is 1.39 bits per heavy atom. The molecular formula is C100H102Cl2N42O4. The standard InChI is InChI=1S/C21H20N8O.2C20H22ClN9.C20H21N7O2.C19H17N9O/c1-15(30)27-8-10-28(11-9-27)19-4-7-23-21(26-19)18-12-25-20-13-24-17(14-29(18)20)16-2-5-22-6-3-16;2*1-11-9-29(13(3)19(26-11)14-6-25-28-12(14)2)17-4-5-22-20(27-17)15-7-24-18-8-23-16(21)10-30(15)18;21-19(28)15-12-27-16(10-23-18(27)11-22-15)14-2-1-3-17(24-14)25-6-8-26(9-7-25)20(29)13-4-5-13;1-12-18(13-7-24-25-8-13)29-5-4-27(12)16-2-3-21-19(26-16)15-9-23-17-10-22-14(6-20)11-28(15)17/h2-7,12-14H,8-11H2,1H3;2*4-8,10-11,13,19,26H,9H2,1-3H3,(H,25,28);1-3,10-13H,4-9H2,(H2,21,28);2-3,7-12,18H,4-5H2,1H3,(H,24,25). The quantitative estimate of drug-likeness (QED) is 0.0523. The Balaban J connectivity index is 0.000000108. The molecule has 8 atom stereocenters. The Hall–Kier alpha value is -17.3. The number of hydrogen-bond acceptors (Lipinski definition) is 35. The molecule has 0 aromatic carbocycles. The molecule has 0 bridgehead atoms. The number of nitriles is 1. The van der Waals surface area contributed by atoms with E-state index in [4.69, 9.17) is 63.9 Å². The van der Waals surface area contributed by atoms with E-state index in [1.54, 1.807) is 140 Å². The number of pyridine rings is 2. The molecule has 25 rings (SSSR count). The van der Waals surface area contributed by atoms with Gasteiger partial charge < -0.3 is 55.4 Å². The number of amides is 3. The van der Waals surface area contributed by atoms with E-state index in [0.717, 1.165) is 163 Å². The van der Waals surface area contributed by atoms with Gasteiger partial charge in [-0.1, -0.05) is 29.3 Å². The van der Waals surface area contributed by atoms with E-state index in [0.29, 0.717) is 105 Å². The minimum absolute atomic E-state index is 0.0701. The monoisotopic (exact) mass is 2020 g/mol. The molecule has 19 aromatic heterocycles. The molecular weight excluding hydrogens is 1920 g/mol. The highest BCUT2D eigenvalue weighted by Gasteiger charge is 2.40. The van der Waals surface area contributed by atoms with Crippen molar-refractivity contribution in [1.82, 2.24) is 173 Å². The minimum Gasteiger partial charge on any atom is -0.369 e. The summed E-state index contributed by atoms with van der Waals surface area (Å²) in [6, 6.07) is 20.7. The molecule has 5 aliphatic heterocycles. The predicted octanol–water partition coefficient (Wildman–Crippen LogP) is 10.2. The molecule has 7 N–H and O–H groups in total. The number of piperazine rings is 4. The van der Waals surface area contributed by atoms with Crippen molar-refractivity contribution in [2.24, 2.45) is 11.7 Å². The topological polar surface area (TPSA) is 523 Å². The van der Waals surface area contributed by atoms with Crippen LogP contribution in [0, 0.1) is 31.1 Å². The number of halogens is 2. The number of primary amides is 1. The number of anilines is 5. The Morgan fingerprint density at radius 1 is 0.439 bits per heavy atom. The molecule has 8 unspecified atom stereocenters. The second-order valence-electron chi connectivity index (χ2n) is 36.8. The molecule has 6 fully saturated rings. The van der Waals surface area contributed by atoms with Crippen LogP contribution in [0.3, 0.4) is 0 Å². The molecule has 19 aromatic rings. The van der Waals surface area contributed by atoms with Crippen LogP contribution in [0.4, 0.5) is 29.1 Å². The number of imidazole rings is 5. The van der Waals surface area contributed by atoms with E-state index in [1.165, 1.54) is 17.3 Å². The third-order valence-corrected chi connectivity index (χ3v) is 27.5. The number of aromatic amines is 3. The molecule has 148 heavy (non-hydrogen) atoms. The second-order valence-corrected chi connectivity index (χ2v) is 37.5. The third-order valence-electron chi connectivity index (χ3n) is 27.1. The molecule has 3 amide bonds. The van der Waals surface area contributed by atoms with Crippen LogP contribution in [0.25, 0.3) is 97.0 Å². The fraction of sp³-hybridized carbons (Fsp3) is 0.310. The number of ether oxygens (including phenoxy) is 1. The Labute approximate surface area is 855 Å². The maximum Gasteiger partial charge on any atom is 0.268 e. The summed E-state index contributed by atoms with van der Waals surface area (Å²) >= 11 is 12.2. The second kappa shape index (κ2) is 42.2. The number of carbonyl (C=O) groups is 3. The summed E-state index contributed by atoms with van der Waals surface area (Å²) in [5.74, 6) is 6.68. The van der Waals surface area contributed by atoms with Crippen molar-refractivity contribution in [2.75, 3.05) is 103 Å². The zero-order chi connectivity index (χ0) is 102. The summed E-state index contributed by atoms with van der Waals surface area (Å²) in [4.78, 5) is 139. The summed E-state index contributed by atoms with van der Waals surface area (Å²) in [6.45, 7) is 25.5. The molecule has 1 saturated carbocycles. The number of nitrogens with two attached hydrogens (primary N) is 1. The number of rotatable bonds is 16. The molecule has 750 valence electrons. The van der Waals surface area contributed by atoms with E-state index in [2.05, 4.69) is 175 Å². The van der Waals surface area contributed by atoms with E-state index >= 15 is 0 Å². The molecule has 0 radical (unpaired) electrons. The molecule has 5 saturated heterocycles. The highest BCUT2D eigenvalue weighted by molar-refractivity contribution is 6.29. The van der Waals surface area contributed by atoms with Gasteiger partial charge in [-0.25, -0.2) is 89.7 Å². The lowest BCUT2D eigenvalue weighted by molar-refractivity contribution is -0.133. The van der Waals surface area contributed by atoms with Gasteiger partial charge in [-0.3, -0.25) is 61.7 Å². The Bertz CT molecular complexity index is 7870. The van der Waals surface area contributed by atoms with Crippen LogP contribution in [0.15, 0.2) is 210 Å². The maximum absolute atomic E-state index is 12.3. The first-order chi connectivity index (χ1) is 72.0. The lowest BCUT2D eigenvalue weighted by Gasteiger charge is -2.44. The van der Waals surface area contributed by atoms with Gasteiger partial charge >= 0.3 is 0 Å². The fourth-order valence-electron chi connectivity index (χ4n) is 19.2. The van der Waals surface area contributed by atoms with E-state index in [1.807, 2.05) is 122 Å². The van der Waals surface area contributed by atoms with Gasteiger partial charge in [0.15, 0.2) is 57.2 Å². The number of morpholine rings is 1. The number of fused-ring (bicyclic) bond motifs is 5. The normalized spacial score (nSPS) is 18.9. The van der Waals surface area contributed by atoms with Crippen LogP contribution in [0.2, 0.25) is 10.3 Å². The maximum atomic E-state index is 12.3. The van der Waals surface area contributed by atoms with Crippen molar-refractivity contribution in [2.45, 2.75) is 117 Å². The highest BCUT2D eigenvalue weighted by Crippen LogP contribution is 2.38. The van der Waals surface area contributed by atoms with E-state index < -0.39 is 5.91 Å². The van der Waals surface area contributed by atoms with Gasteiger partial charge in [0.05, 0.1) is 122 Å². The lowest BCUT2D eigenvalue weighted by atomic mass is 9.95. The first kappa shape index (κ1) is 96.8. The molecule has 0 spiro atoms. The van der Waals surface area contributed by atoms with Crippen LogP contribution in [-0.2, 0) is 14.3 Å². The highest BCUT2D eigenvalue weighted by atomic mass is 35.5. The van der Waals surface area contributed by atoms with Gasteiger partial charge in [-0.05, 0) is 110 Å². The van der Waals surface area contributed by atoms with Crippen molar-refractivity contribution in [1.29, 1.82) is 5.26 Å². The number of nitrogens with zero attached hydrogens (tertiary/aromatic N) is 36. The largest absolute Gasteiger partial charge is 0.369 e. The van der Waals surface area contributed by atoms with Crippen LogP contribution >= 0.6 is 23.2 Å². The molecule has 24 heterocycles. The van der Waals surface area contributed by atoms with E-state index in [-0.39, 0.29) is 53.8 Å². The SMILES string of the molecule is CC(=O)N1CCN(c2ccnc(-c3cnc4cnc(-c5ccncc5)cn34)n2)CC1.CC1C(c2cn[nH]c2)OCCN1c1ccnc(-c2cnc3cnc(C#N)cn23)n1.Cc1[nH]ncc1C1NC(C)CN(c2ccnc(-c3cnc4cnc(Cl)cn34)n2)C1C.Cc1[nH]ncc1C1NC(C)CN(c2ccnc(-c3cnc4cnc(Cl)cn34)n2)C1C.NC(=O)c1cn2c(-c3cccc(N4CCN(C(=O)C5CC5)CC4)n3)cnc2cn1. The van der Waals surface area contributed by atoms with Gasteiger partial charge in [0.1, 0.15) is 80.0 Å². The number of H-pyrrole nitrogens is 3. The summed E-state index contributed by atoms with van der Waals surface area (Å²) in [5, 5.41) is 38.7. The average molecular weight is 2030 g/mol. The van der Waals surface area contributed by atoms with Crippen LogP contribution < -0.4 is 40.9 Å². The minimum atomic E-state index is -0.591. The van der Waals surface area contributed by atoms with Crippen molar-refractivity contribution < 1.29 is 19.1 Å². The number of aromatic nitrogens is 31. The van der Waals surface area contributed by atoms with Gasteiger partial charge in [0, 0.05) is 217 Å². The first-order valence-corrected chi connectivity index (χ1v) is 49.2. The van der Waals surface area contributed by atoms with Crippen LogP contribution in [0.1, 0.15) is 117 Å². The number of nitrogens with one attached hydrogen (secondary N) is 5. The Morgan fingerprint density at radius 2 is 0.899 bits per heavy atom. The van der Waals surface area contributed by atoms with Crippen molar-refractivity contribution in [3.8, 4) is 74.8 Å². The van der Waals surface area contributed by atoms with Crippen molar-refractivity contribution in [3.05, 3.63) is 259 Å². The van der Waals surface area contributed by atoms with Crippen molar-refractivity contribution in [3.63, 3.8) is 0 Å². The fourth-order valence-corrected chi connectivity index (χ4v) is 19.5. The summed E-state index contributed by atoms with van der Waals surface area (Å²) in [7, 11) is 0. The number of hydrogen-bond donors (Lipinski definition) is 6. The Kier molecular flexibility index (Phi) is 27.6. The molecule has 1 aliphatic carbocycles. The average Bonchev–Trinajstić information content (AvgIpc) is 1.47. The van der Waals surface area contributed by atoms with Gasteiger partial charge in [0.2, 0.25) is 11.8 Å². The smallest absolute Gasteiger partial charge is 0.268 e. The van der Waals surface area contributed by atoms with Gasteiger partial charge in [0.25, 0.3) is 5.91 Å². The van der Waals surface area contributed by atoms with Crippen molar-refractivity contribution >= 4 is 98.2 Å². The van der Waals surface area contributed by atoms with Gasteiger partial charge in [-0.2, -0.15) is 20.6 Å². The van der Waals surface area contributed by atoms with E-state index in [9.17, 15) is 14.4 Å². The number of carbonyl (C=O) groups excluding carboxylic acids is 3. The third kappa shape index (κ3) is 20.4. The van der Waals surface area contributed by atoms with Gasteiger partial charge in [-0.15, -0.1) is 0 Å². The predicted molar refractivity (Wildman–Crippen MR) is 550 cm³/mol. The first-order valence-electron chi connectivity index (χ1n) is 48.4. The lowest BCUT2D eigenvalue weighted by Crippen LogP contribution is -2.56. The molecule has 6 aliphatic rings. The number of aryl methyl sites for hydroxylation is 2. The summed E-state index contributed by atoms with van der Waals surface area (Å²) in [6.07, 6.45) is 45.3. The molecule has 48 heteroatoms. The summed E-state index contributed by atoms with van der Waals surface area (Å²) in [5.41, 5.74) is 21.1. The van der Waals surface area contributed by atoms with Crippen LogP contribution in [-0.4, -0.2) is 289 Å².